The first-order valence-corrected chi connectivity index (χ1v) is 8.95. The third-order valence-corrected chi connectivity index (χ3v) is 6.08. The van der Waals surface area contributed by atoms with Crippen molar-refractivity contribution in [2.75, 3.05) is 7.05 Å². The van der Waals surface area contributed by atoms with Gasteiger partial charge in [-0.25, -0.2) is 8.42 Å². The number of rotatable bonds is 5. The van der Waals surface area contributed by atoms with Gasteiger partial charge in [-0.1, -0.05) is 12.1 Å². The number of nitrogens with zero attached hydrogens (tertiary/aromatic N) is 1. The SMILES string of the molecule is Cc1ccc(S(=O)(=O)N(C)Cc2cccs2)cc1CCl. The largest absolute Gasteiger partial charge is 0.243 e. The van der Waals surface area contributed by atoms with Crippen LogP contribution in [0.15, 0.2) is 40.6 Å². The minimum absolute atomic E-state index is 0.290. The first kappa shape index (κ1) is 15.5. The number of sulfonamides is 1. The summed E-state index contributed by atoms with van der Waals surface area (Å²) in [6.45, 7) is 2.30. The van der Waals surface area contributed by atoms with Crippen molar-refractivity contribution in [3.63, 3.8) is 0 Å². The van der Waals surface area contributed by atoms with Gasteiger partial charge in [-0.15, -0.1) is 22.9 Å². The molecule has 6 heteroatoms. The lowest BCUT2D eigenvalue weighted by Crippen LogP contribution is -2.26. The van der Waals surface area contributed by atoms with Gasteiger partial charge >= 0.3 is 0 Å². The Bertz CT molecular complexity index is 681. The monoisotopic (exact) mass is 329 g/mol. The average molecular weight is 330 g/mol. The van der Waals surface area contributed by atoms with Crippen LogP contribution in [0.5, 0.6) is 0 Å². The van der Waals surface area contributed by atoms with Crippen LogP contribution in [-0.4, -0.2) is 19.8 Å². The molecule has 20 heavy (non-hydrogen) atoms. The van der Waals surface area contributed by atoms with Crippen molar-refractivity contribution in [3.05, 3.63) is 51.7 Å². The van der Waals surface area contributed by atoms with Crippen LogP contribution in [0.3, 0.4) is 0 Å². The van der Waals surface area contributed by atoms with Crippen molar-refractivity contribution >= 4 is 33.0 Å². The van der Waals surface area contributed by atoms with Gasteiger partial charge in [0.25, 0.3) is 0 Å². The Morgan fingerprint density at radius 2 is 2.05 bits per heavy atom. The Labute approximate surface area is 128 Å². The molecule has 0 atom stereocenters. The highest BCUT2D eigenvalue weighted by Crippen LogP contribution is 2.22. The van der Waals surface area contributed by atoms with Crippen molar-refractivity contribution in [1.82, 2.24) is 4.31 Å². The summed E-state index contributed by atoms with van der Waals surface area (Å²) in [4.78, 5) is 1.30. The van der Waals surface area contributed by atoms with Gasteiger partial charge in [-0.05, 0) is 41.6 Å². The van der Waals surface area contributed by atoms with E-state index < -0.39 is 10.0 Å². The molecule has 2 aromatic rings. The number of benzene rings is 1. The maximum Gasteiger partial charge on any atom is 0.243 e. The Hall–Kier alpha value is -0.880. The maximum absolute atomic E-state index is 12.5. The van der Waals surface area contributed by atoms with Crippen LogP contribution in [0.2, 0.25) is 0 Å². The maximum atomic E-state index is 12.5. The fourth-order valence-electron chi connectivity index (χ4n) is 1.84. The fourth-order valence-corrected chi connectivity index (χ4v) is 4.17. The van der Waals surface area contributed by atoms with Crippen molar-refractivity contribution in [1.29, 1.82) is 0 Å². The molecule has 0 radical (unpaired) electrons. The van der Waals surface area contributed by atoms with E-state index in [0.29, 0.717) is 12.4 Å². The average Bonchev–Trinajstić information content (AvgIpc) is 2.91. The molecule has 2 rings (SSSR count). The first-order valence-electron chi connectivity index (χ1n) is 6.09. The Kier molecular flexibility index (Phi) is 4.86. The molecule has 1 heterocycles. The highest BCUT2D eigenvalue weighted by Gasteiger charge is 2.21. The lowest BCUT2D eigenvalue weighted by atomic mass is 10.1. The van der Waals surface area contributed by atoms with Gasteiger partial charge in [0.2, 0.25) is 10.0 Å². The summed E-state index contributed by atoms with van der Waals surface area (Å²) in [6, 6.07) is 8.92. The van der Waals surface area contributed by atoms with Gasteiger partial charge in [-0.3, -0.25) is 0 Å². The smallest absolute Gasteiger partial charge is 0.207 e. The zero-order valence-electron chi connectivity index (χ0n) is 11.3. The van der Waals surface area contributed by atoms with Crippen molar-refractivity contribution in [2.45, 2.75) is 24.2 Å². The van der Waals surface area contributed by atoms with E-state index in [-0.39, 0.29) is 4.90 Å². The molecule has 0 aliphatic carbocycles. The number of hydrogen-bond acceptors (Lipinski definition) is 3. The highest BCUT2D eigenvalue weighted by atomic mass is 35.5. The summed E-state index contributed by atoms with van der Waals surface area (Å²) in [5.74, 6) is 0.309. The summed E-state index contributed by atoms with van der Waals surface area (Å²) in [6.07, 6.45) is 0. The number of aryl methyl sites for hydroxylation is 1. The second-order valence-corrected chi connectivity index (χ2v) is 7.91. The molecule has 0 spiro atoms. The molecule has 3 nitrogen and oxygen atoms in total. The van der Waals surface area contributed by atoms with Crippen LogP contribution in [0.25, 0.3) is 0 Å². The van der Waals surface area contributed by atoms with Crippen molar-refractivity contribution in [3.8, 4) is 0 Å². The van der Waals surface area contributed by atoms with Crippen molar-refractivity contribution in [2.24, 2.45) is 0 Å². The van der Waals surface area contributed by atoms with Gasteiger partial charge in [0.05, 0.1) is 4.90 Å². The molecule has 0 N–H and O–H groups in total. The topological polar surface area (TPSA) is 37.4 Å². The van der Waals surface area contributed by atoms with Crippen LogP contribution >= 0.6 is 22.9 Å². The molecular formula is C14H16ClNO2S2. The van der Waals surface area contributed by atoms with Crippen LogP contribution in [0, 0.1) is 6.92 Å². The standard InChI is InChI=1S/C14H16ClNO2S2/c1-11-5-6-14(8-12(11)9-15)20(17,18)16(2)10-13-4-3-7-19-13/h3-8H,9-10H2,1-2H3. The number of thiophene rings is 1. The van der Waals surface area contributed by atoms with Gasteiger partial charge in [0.1, 0.15) is 0 Å². The molecule has 0 bridgehead atoms. The summed E-state index contributed by atoms with van der Waals surface area (Å²) < 4.78 is 26.4. The Balaban J connectivity index is 2.29. The molecule has 1 aromatic carbocycles. The van der Waals surface area contributed by atoms with Gasteiger partial charge in [0, 0.05) is 24.3 Å². The normalized spacial score (nSPS) is 12.0. The second-order valence-electron chi connectivity index (χ2n) is 4.56. The minimum atomic E-state index is -3.48. The van der Waals surface area contributed by atoms with E-state index >= 15 is 0 Å². The second kappa shape index (κ2) is 6.26. The van der Waals surface area contributed by atoms with E-state index in [1.807, 2.05) is 24.4 Å². The van der Waals surface area contributed by atoms with E-state index in [1.54, 1.807) is 36.6 Å². The number of halogens is 1. The molecular weight excluding hydrogens is 314 g/mol. The van der Waals surface area contributed by atoms with Crippen LogP contribution in [-0.2, 0) is 22.4 Å². The van der Waals surface area contributed by atoms with Gasteiger partial charge in [0.15, 0.2) is 0 Å². The van der Waals surface area contributed by atoms with E-state index in [4.69, 9.17) is 11.6 Å². The van der Waals surface area contributed by atoms with Crippen LogP contribution in [0.1, 0.15) is 16.0 Å². The van der Waals surface area contributed by atoms with E-state index in [9.17, 15) is 8.42 Å². The molecule has 108 valence electrons. The molecule has 0 unspecified atom stereocenters. The molecule has 0 aliphatic heterocycles. The molecule has 0 amide bonds. The minimum Gasteiger partial charge on any atom is -0.207 e. The Morgan fingerprint density at radius 1 is 1.30 bits per heavy atom. The molecule has 0 aliphatic rings. The molecule has 0 saturated carbocycles. The lowest BCUT2D eigenvalue weighted by molar-refractivity contribution is 0.469. The predicted octanol–water partition coefficient (Wildman–Crippen LogP) is 3.62. The zero-order chi connectivity index (χ0) is 14.8. The van der Waals surface area contributed by atoms with Gasteiger partial charge < -0.3 is 0 Å². The highest BCUT2D eigenvalue weighted by molar-refractivity contribution is 7.89. The fraction of sp³-hybridized carbons (Fsp3) is 0.286. The lowest BCUT2D eigenvalue weighted by Gasteiger charge is -2.17. The summed E-state index contributed by atoms with van der Waals surface area (Å²) in [7, 11) is -1.89. The molecule has 1 aromatic heterocycles. The van der Waals surface area contributed by atoms with E-state index in [1.165, 1.54) is 4.31 Å². The van der Waals surface area contributed by atoms with Crippen LogP contribution < -0.4 is 0 Å². The molecule has 0 fully saturated rings. The third kappa shape index (κ3) is 3.23. The Morgan fingerprint density at radius 3 is 2.65 bits per heavy atom. The predicted molar refractivity (Wildman–Crippen MR) is 83.7 cm³/mol. The van der Waals surface area contributed by atoms with Crippen molar-refractivity contribution < 1.29 is 8.42 Å². The van der Waals surface area contributed by atoms with Crippen LogP contribution in [0.4, 0.5) is 0 Å². The number of alkyl halides is 1. The summed E-state index contributed by atoms with van der Waals surface area (Å²) in [5, 5.41) is 1.94. The number of hydrogen-bond donors (Lipinski definition) is 0. The quantitative estimate of drug-likeness (QED) is 0.786. The van der Waals surface area contributed by atoms with E-state index in [2.05, 4.69) is 0 Å². The summed E-state index contributed by atoms with van der Waals surface area (Å²) in [5.41, 5.74) is 1.84. The first-order chi connectivity index (χ1) is 9.45. The zero-order valence-corrected chi connectivity index (χ0v) is 13.7. The molecule has 0 saturated heterocycles. The third-order valence-electron chi connectivity index (χ3n) is 3.13. The summed E-state index contributed by atoms with van der Waals surface area (Å²) >= 11 is 7.39. The van der Waals surface area contributed by atoms with E-state index in [0.717, 1.165) is 16.0 Å². The van der Waals surface area contributed by atoms with Gasteiger partial charge in [-0.2, -0.15) is 4.31 Å².